The summed E-state index contributed by atoms with van der Waals surface area (Å²) in [6.45, 7) is 0. The van der Waals surface area contributed by atoms with Gasteiger partial charge in [0, 0.05) is 12.5 Å². The van der Waals surface area contributed by atoms with Crippen molar-refractivity contribution in [3.63, 3.8) is 0 Å². The molecule has 38 valence electrons. The van der Waals surface area contributed by atoms with E-state index in [9.17, 15) is 0 Å². The highest BCUT2D eigenvalue weighted by Gasteiger charge is 1.59. The monoisotopic (exact) mass is 114 g/mol. The lowest BCUT2D eigenvalue weighted by Crippen LogP contribution is -1.51. The maximum absolute atomic E-state index is 6.51. The molecule has 0 aliphatic carbocycles. The second kappa shape index (κ2) is 5.47. The number of thioether (sulfide) groups is 1. The molecule has 7 heavy (non-hydrogen) atoms. The third-order valence-corrected chi connectivity index (χ3v) is 0.695. The molecule has 0 aliphatic rings. The van der Waals surface area contributed by atoms with Crippen molar-refractivity contribution in [1.29, 1.82) is 5.41 Å². The molecule has 2 nitrogen and oxygen atoms in total. The minimum atomic E-state index is 1.22. The molecule has 0 spiro atoms. The van der Waals surface area contributed by atoms with Gasteiger partial charge in [0.15, 0.2) is 0 Å². The highest BCUT2D eigenvalue weighted by Crippen LogP contribution is 1.88. The summed E-state index contributed by atoms with van der Waals surface area (Å²) >= 11 is 1.24. The normalized spacial score (nSPS) is 6.43. The first-order chi connectivity index (χ1) is 3.41. The van der Waals surface area contributed by atoms with Gasteiger partial charge in [-0.05, 0) is 5.87 Å². The summed E-state index contributed by atoms with van der Waals surface area (Å²) in [7, 11) is 1.64. The Balaban J connectivity index is 3.27. The predicted octanol–water partition coefficient (Wildman–Crippen LogP) is 1.14. The van der Waals surface area contributed by atoms with E-state index in [0.29, 0.717) is 0 Å². The van der Waals surface area contributed by atoms with E-state index in [-0.39, 0.29) is 0 Å². The lowest BCUT2D eigenvalue weighted by atomic mass is 11.1. The predicted molar refractivity (Wildman–Crippen MR) is 34.3 cm³/mol. The van der Waals surface area contributed by atoms with Crippen LogP contribution < -0.4 is 0 Å². The molecule has 0 radical (unpaired) electrons. The minimum Gasteiger partial charge on any atom is -0.302 e. The summed E-state index contributed by atoms with van der Waals surface area (Å²) in [4.78, 5) is 3.54. The molecule has 0 heterocycles. The highest BCUT2D eigenvalue weighted by molar-refractivity contribution is 8.14. The van der Waals surface area contributed by atoms with E-state index in [2.05, 4.69) is 10.9 Å². The summed E-state index contributed by atoms with van der Waals surface area (Å²) in [5.74, 6) is 2.56. The topological polar surface area (TPSA) is 36.2 Å². The molecule has 0 aliphatic heterocycles. The maximum atomic E-state index is 6.51. The zero-order valence-electron chi connectivity index (χ0n) is 4.01. The number of aliphatic imine (C=N–C) groups is 1. The third kappa shape index (κ3) is 5.47. The van der Waals surface area contributed by atoms with Crippen molar-refractivity contribution in [2.45, 2.75) is 0 Å². The van der Waals surface area contributed by atoms with Crippen LogP contribution in [0.15, 0.2) is 10.4 Å². The van der Waals surface area contributed by atoms with Crippen LogP contribution in [0.5, 0.6) is 0 Å². The van der Waals surface area contributed by atoms with E-state index in [1.807, 2.05) is 0 Å². The lowest BCUT2D eigenvalue weighted by molar-refractivity contribution is 1.49. The summed E-state index contributed by atoms with van der Waals surface area (Å²) in [5.41, 5.74) is 1.22. The van der Waals surface area contributed by atoms with E-state index in [4.69, 9.17) is 5.41 Å². The number of hydrogen-bond acceptors (Lipinski definition) is 3. The third-order valence-electron chi connectivity index (χ3n) is 0.318. The zero-order chi connectivity index (χ0) is 5.54. The molecule has 0 aromatic heterocycles. The van der Waals surface area contributed by atoms with Crippen LogP contribution in [0.2, 0.25) is 0 Å². The first-order valence-corrected chi connectivity index (χ1v) is 2.66. The average Bonchev–Trinajstić information content (AvgIpc) is 1.69. The van der Waals surface area contributed by atoms with Gasteiger partial charge in [-0.1, -0.05) is 11.8 Å². The van der Waals surface area contributed by atoms with Crippen LogP contribution in [0, 0.1) is 5.41 Å². The number of rotatable bonds is 2. The second-order valence-electron chi connectivity index (χ2n) is 0.724. The standard InChI is InChI=1S/C4H6N2S/c1-6-2-3-7-4-5/h3-5H,1H3. The Bertz CT molecular complexity index is 102. The van der Waals surface area contributed by atoms with Gasteiger partial charge < -0.3 is 5.41 Å². The van der Waals surface area contributed by atoms with Crippen molar-refractivity contribution in [3.05, 3.63) is 5.41 Å². The van der Waals surface area contributed by atoms with E-state index in [1.54, 1.807) is 12.5 Å². The summed E-state index contributed by atoms with van der Waals surface area (Å²) < 4.78 is 0. The average molecular weight is 114 g/mol. The fourth-order valence-corrected chi connectivity index (χ4v) is 0.351. The molecule has 0 atom stereocenters. The first kappa shape index (κ1) is 6.47. The summed E-state index contributed by atoms with van der Waals surface area (Å²) in [6, 6.07) is 0. The Hall–Kier alpha value is -0.530. The van der Waals surface area contributed by atoms with Crippen molar-refractivity contribution in [1.82, 2.24) is 0 Å². The smallest absolute Gasteiger partial charge is 0.0555 e. The molecule has 0 saturated carbocycles. The van der Waals surface area contributed by atoms with E-state index < -0.39 is 0 Å². The van der Waals surface area contributed by atoms with Crippen LogP contribution in [0.4, 0.5) is 0 Å². The van der Waals surface area contributed by atoms with Crippen molar-refractivity contribution >= 4 is 23.2 Å². The fraction of sp³-hybridized carbons (Fsp3) is 0.250. The fourth-order valence-electron chi connectivity index (χ4n) is 0.117. The molecular weight excluding hydrogens is 108 g/mol. The van der Waals surface area contributed by atoms with Crippen molar-refractivity contribution in [2.24, 2.45) is 4.99 Å². The van der Waals surface area contributed by atoms with Gasteiger partial charge in [-0.15, -0.1) is 0 Å². The van der Waals surface area contributed by atoms with Crippen LogP contribution in [-0.4, -0.2) is 18.5 Å². The molecular formula is C4H6N2S. The summed E-state index contributed by atoms with van der Waals surface area (Å²) in [6.07, 6.45) is 0. The minimum absolute atomic E-state index is 1.22. The second-order valence-corrected chi connectivity index (χ2v) is 1.47. The van der Waals surface area contributed by atoms with E-state index in [0.717, 1.165) is 0 Å². The van der Waals surface area contributed by atoms with Crippen LogP contribution in [0.3, 0.4) is 0 Å². The Morgan fingerprint density at radius 3 is 3.00 bits per heavy atom. The quantitative estimate of drug-likeness (QED) is 0.424. The molecule has 1 N–H and O–H groups in total. The van der Waals surface area contributed by atoms with Gasteiger partial charge in [-0.3, -0.25) is 0 Å². The van der Waals surface area contributed by atoms with Gasteiger partial charge in [-0.25, -0.2) is 4.99 Å². The van der Waals surface area contributed by atoms with Crippen LogP contribution in [-0.2, 0) is 0 Å². The Kier molecular flexibility index (Phi) is 5.06. The van der Waals surface area contributed by atoms with E-state index in [1.165, 1.54) is 17.3 Å². The molecule has 3 heteroatoms. The van der Waals surface area contributed by atoms with Crippen LogP contribution in [0.25, 0.3) is 0 Å². The number of hydrogen-bond donors (Lipinski definition) is 1. The van der Waals surface area contributed by atoms with Crippen molar-refractivity contribution in [2.75, 3.05) is 7.05 Å². The largest absolute Gasteiger partial charge is 0.302 e. The first-order valence-electron chi connectivity index (χ1n) is 1.72. The molecule has 0 aromatic rings. The van der Waals surface area contributed by atoms with Gasteiger partial charge >= 0.3 is 0 Å². The lowest BCUT2D eigenvalue weighted by Gasteiger charge is -1.65. The van der Waals surface area contributed by atoms with Gasteiger partial charge in [-0.2, -0.15) is 0 Å². The van der Waals surface area contributed by atoms with Gasteiger partial charge in [0.2, 0.25) is 0 Å². The maximum Gasteiger partial charge on any atom is 0.0555 e. The molecule has 0 saturated heterocycles. The molecule has 0 unspecified atom stereocenters. The molecule has 0 bridgehead atoms. The van der Waals surface area contributed by atoms with Crippen molar-refractivity contribution in [3.8, 4) is 0 Å². The van der Waals surface area contributed by atoms with Crippen molar-refractivity contribution < 1.29 is 0 Å². The Morgan fingerprint density at radius 2 is 2.57 bits per heavy atom. The number of nitrogens with zero attached hydrogens (tertiary/aromatic N) is 1. The molecule has 0 fully saturated rings. The number of nitrogens with one attached hydrogen (secondary N) is 1. The zero-order valence-corrected chi connectivity index (χ0v) is 4.83. The van der Waals surface area contributed by atoms with Gasteiger partial charge in [0.1, 0.15) is 0 Å². The Morgan fingerprint density at radius 1 is 1.86 bits per heavy atom. The van der Waals surface area contributed by atoms with E-state index >= 15 is 0 Å². The molecule has 0 amide bonds. The van der Waals surface area contributed by atoms with Gasteiger partial charge in [0.05, 0.1) is 5.55 Å². The summed E-state index contributed by atoms with van der Waals surface area (Å²) in [5, 5.41) is 8.12. The molecule has 0 rings (SSSR count). The van der Waals surface area contributed by atoms with Crippen LogP contribution >= 0.6 is 11.8 Å². The Labute approximate surface area is 46.8 Å². The highest BCUT2D eigenvalue weighted by atomic mass is 32.2. The SMILES string of the molecule is CN=C=CSC=N. The molecule has 0 aromatic carbocycles. The van der Waals surface area contributed by atoms with Gasteiger partial charge in [0.25, 0.3) is 0 Å². The van der Waals surface area contributed by atoms with Crippen LogP contribution in [0.1, 0.15) is 0 Å².